The summed E-state index contributed by atoms with van der Waals surface area (Å²) < 4.78 is 7.90. The van der Waals surface area contributed by atoms with Crippen LogP contribution in [0, 0.1) is 13.8 Å². The average molecular weight is 305 g/mol. The van der Waals surface area contributed by atoms with Gasteiger partial charge in [-0.1, -0.05) is 18.2 Å². The van der Waals surface area contributed by atoms with Crippen LogP contribution in [0.5, 0.6) is 11.5 Å². The lowest BCUT2D eigenvalue weighted by Gasteiger charge is -2.11. The van der Waals surface area contributed by atoms with Gasteiger partial charge in [-0.3, -0.25) is 4.79 Å². The van der Waals surface area contributed by atoms with E-state index >= 15 is 0 Å². The third kappa shape index (κ3) is 3.04. The smallest absolute Gasteiger partial charge is 0.161 e. The van der Waals surface area contributed by atoms with Crippen LogP contribution in [0.1, 0.15) is 28.7 Å². The third-order valence-corrected chi connectivity index (χ3v) is 3.88. The lowest BCUT2D eigenvalue weighted by Crippen LogP contribution is -2.01. The number of carbonyl (C=O) groups excluding carboxylic acids is 1. The number of benzene rings is 2. The predicted molar refractivity (Wildman–Crippen MR) is 91.8 cm³/mol. The molecule has 0 fully saturated rings. The van der Waals surface area contributed by atoms with Gasteiger partial charge in [0.1, 0.15) is 11.5 Å². The molecule has 1 aromatic heterocycles. The van der Waals surface area contributed by atoms with Crippen LogP contribution in [-0.4, -0.2) is 10.4 Å². The number of hydrogen-bond donors (Lipinski definition) is 0. The number of Topliss-reactive ketones (excluding diaryl/α,β-unsaturated/α-hetero) is 1. The average Bonchev–Trinajstić information content (AvgIpc) is 2.84. The monoisotopic (exact) mass is 305 g/mol. The Labute approximate surface area is 136 Å². The number of ether oxygens (including phenoxy) is 1. The van der Waals surface area contributed by atoms with Crippen molar-refractivity contribution in [2.24, 2.45) is 0 Å². The summed E-state index contributed by atoms with van der Waals surface area (Å²) in [6.45, 7) is 5.58. The molecular formula is C20H19NO2. The molecule has 3 aromatic rings. The molecule has 23 heavy (non-hydrogen) atoms. The second-order valence-corrected chi connectivity index (χ2v) is 5.59. The number of hydrogen-bond acceptors (Lipinski definition) is 2. The Morgan fingerprint density at radius 2 is 1.52 bits per heavy atom. The first-order valence-corrected chi connectivity index (χ1v) is 7.59. The minimum atomic E-state index is 0.0911. The van der Waals surface area contributed by atoms with E-state index in [4.69, 9.17) is 4.74 Å². The fourth-order valence-electron chi connectivity index (χ4n) is 2.80. The van der Waals surface area contributed by atoms with Crippen molar-refractivity contribution >= 4 is 5.78 Å². The number of carbonyl (C=O) groups is 1. The number of ketones is 1. The zero-order valence-corrected chi connectivity index (χ0v) is 13.5. The highest BCUT2D eigenvalue weighted by Gasteiger charge is 2.13. The lowest BCUT2D eigenvalue weighted by molar-refractivity contribution is 0.101. The first-order chi connectivity index (χ1) is 11.1. The predicted octanol–water partition coefficient (Wildman–Crippen LogP) is 5.09. The van der Waals surface area contributed by atoms with Crippen LogP contribution in [0.15, 0.2) is 60.7 Å². The normalized spacial score (nSPS) is 10.6. The Hall–Kier alpha value is -2.81. The van der Waals surface area contributed by atoms with Gasteiger partial charge in [-0.05, 0) is 63.2 Å². The maximum absolute atomic E-state index is 11.7. The Balaban J connectivity index is 1.90. The zero-order chi connectivity index (χ0) is 16.4. The van der Waals surface area contributed by atoms with Crippen LogP contribution in [0.4, 0.5) is 0 Å². The largest absolute Gasteiger partial charge is 0.457 e. The van der Waals surface area contributed by atoms with E-state index in [-0.39, 0.29) is 5.78 Å². The molecule has 0 atom stereocenters. The van der Waals surface area contributed by atoms with Gasteiger partial charge in [0, 0.05) is 22.6 Å². The molecule has 0 spiro atoms. The molecular weight excluding hydrogens is 286 g/mol. The fourth-order valence-corrected chi connectivity index (χ4v) is 2.80. The van der Waals surface area contributed by atoms with E-state index < -0.39 is 0 Å². The van der Waals surface area contributed by atoms with Gasteiger partial charge >= 0.3 is 0 Å². The van der Waals surface area contributed by atoms with Crippen LogP contribution in [0.25, 0.3) is 5.69 Å². The standard InChI is InChI=1S/C20H19NO2/c1-14-13-20(16(3)22)15(2)21(14)17-9-11-19(12-10-17)23-18-7-5-4-6-8-18/h4-13H,1-3H3. The van der Waals surface area contributed by atoms with Crippen molar-refractivity contribution in [3.8, 4) is 17.2 Å². The Morgan fingerprint density at radius 3 is 2.09 bits per heavy atom. The molecule has 3 rings (SSSR count). The summed E-state index contributed by atoms with van der Waals surface area (Å²) in [6.07, 6.45) is 0. The minimum Gasteiger partial charge on any atom is -0.457 e. The maximum atomic E-state index is 11.7. The van der Waals surface area contributed by atoms with Crippen LogP contribution in [0.3, 0.4) is 0 Å². The second-order valence-electron chi connectivity index (χ2n) is 5.59. The summed E-state index contributed by atoms with van der Waals surface area (Å²) in [5.74, 6) is 1.69. The summed E-state index contributed by atoms with van der Waals surface area (Å²) in [6, 6.07) is 19.5. The first kappa shape index (κ1) is 15.1. The number of para-hydroxylation sites is 1. The van der Waals surface area contributed by atoms with Gasteiger partial charge < -0.3 is 9.30 Å². The highest BCUT2D eigenvalue weighted by Crippen LogP contribution is 2.25. The molecule has 0 aliphatic heterocycles. The molecule has 0 radical (unpaired) electrons. The highest BCUT2D eigenvalue weighted by molar-refractivity contribution is 5.95. The molecule has 3 heteroatoms. The summed E-state index contributed by atoms with van der Waals surface area (Å²) in [5, 5.41) is 0. The van der Waals surface area contributed by atoms with Crippen LogP contribution >= 0.6 is 0 Å². The fraction of sp³-hybridized carbons (Fsp3) is 0.150. The van der Waals surface area contributed by atoms with Crippen molar-refractivity contribution in [3.63, 3.8) is 0 Å². The van der Waals surface area contributed by atoms with Crippen molar-refractivity contribution in [2.75, 3.05) is 0 Å². The summed E-state index contributed by atoms with van der Waals surface area (Å²) in [5.41, 5.74) is 3.80. The highest BCUT2D eigenvalue weighted by atomic mass is 16.5. The minimum absolute atomic E-state index is 0.0911. The SMILES string of the molecule is CC(=O)c1cc(C)n(-c2ccc(Oc3ccccc3)cc2)c1C. The van der Waals surface area contributed by atoms with E-state index in [0.717, 1.165) is 34.1 Å². The van der Waals surface area contributed by atoms with E-state index in [1.54, 1.807) is 6.92 Å². The molecule has 0 bridgehead atoms. The Morgan fingerprint density at radius 1 is 0.913 bits per heavy atom. The van der Waals surface area contributed by atoms with E-state index in [2.05, 4.69) is 4.57 Å². The van der Waals surface area contributed by atoms with E-state index in [9.17, 15) is 4.79 Å². The second kappa shape index (κ2) is 6.13. The topological polar surface area (TPSA) is 31.2 Å². The van der Waals surface area contributed by atoms with Gasteiger partial charge in [-0.15, -0.1) is 0 Å². The molecule has 1 heterocycles. The molecule has 116 valence electrons. The summed E-state index contributed by atoms with van der Waals surface area (Å²) in [7, 11) is 0. The zero-order valence-electron chi connectivity index (χ0n) is 13.5. The molecule has 2 aromatic carbocycles. The summed E-state index contributed by atoms with van der Waals surface area (Å²) in [4.78, 5) is 11.7. The van der Waals surface area contributed by atoms with Crippen LogP contribution in [-0.2, 0) is 0 Å². The molecule has 0 aliphatic carbocycles. The Bertz CT molecular complexity index is 830. The number of nitrogens with zero attached hydrogens (tertiary/aromatic N) is 1. The third-order valence-electron chi connectivity index (χ3n) is 3.88. The van der Waals surface area contributed by atoms with Gasteiger partial charge in [0.05, 0.1) is 0 Å². The molecule has 0 aliphatic rings. The quantitative estimate of drug-likeness (QED) is 0.629. The molecule has 0 N–H and O–H groups in total. The van der Waals surface area contributed by atoms with Gasteiger partial charge in [-0.25, -0.2) is 0 Å². The van der Waals surface area contributed by atoms with Gasteiger partial charge in [-0.2, -0.15) is 0 Å². The number of aryl methyl sites for hydroxylation is 1. The van der Waals surface area contributed by atoms with Crippen molar-refractivity contribution < 1.29 is 9.53 Å². The maximum Gasteiger partial charge on any atom is 0.161 e. The first-order valence-electron chi connectivity index (χ1n) is 7.59. The number of aromatic nitrogens is 1. The van der Waals surface area contributed by atoms with Crippen LogP contribution in [0.2, 0.25) is 0 Å². The van der Waals surface area contributed by atoms with Crippen molar-refractivity contribution in [1.82, 2.24) is 4.57 Å². The van der Waals surface area contributed by atoms with Gasteiger partial charge in [0.25, 0.3) is 0 Å². The van der Waals surface area contributed by atoms with Gasteiger partial charge in [0.15, 0.2) is 5.78 Å². The molecule has 0 saturated carbocycles. The number of rotatable bonds is 4. The van der Waals surface area contributed by atoms with Crippen LogP contribution < -0.4 is 4.74 Å². The Kier molecular flexibility index (Phi) is 4.02. The van der Waals surface area contributed by atoms with E-state index in [1.165, 1.54) is 0 Å². The van der Waals surface area contributed by atoms with E-state index in [0.29, 0.717) is 0 Å². The summed E-state index contributed by atoms with van der Waals surface area (Å²) >= 11 is 0. The van der Waals surface area contributed by atoms with Crippen molar-refractivity contribution in [1.29, 1.82) is 0 Å². The molecule has 3 nitrogen and oxygen atoms in total. The van der Waals surface area contributed by atoms with Crippen molar-refractivity contribution in [2.45, 2.75) is 20.8 Å². The van der Waals surface area contributed by atoms with Crippen molar-refractivity contribution in [3.05, 3.63) is 77.6 Å². The molecule has 0 unspecified atom stereocenters. The molecule has 0 amide bonds. The van der Waals surface area contributed by atoms with E-state index in [1.807, 2.05) is 74.5 Å². The van der Waals surface area contributed by atoms with Gasteiger partial charge in [0.2, 0.25) is 0 Å². The lowest BCUT2D eigenvalue weighted by atomic mass is 10.2. The molecule has 0 saturated heterocycles.